The Bertz CT molecular complexity index is 750. The Hall–Kier alpha value is -2.04. The van der Waals surface area contributed by atoms with Crippen LogP contribution in [0.15, 0.2) is 18.2 Å². The van der Waals surface area contributed by atoms with E-state index >= 15 is 0 Å². The van der Waals surface area contributed by atoms with Gasteiger partial charge in [0, 0.05) is 18.7 Å². The van der Waals surface area contributed by atoms with Crippen LogP contribution in [0.25, 0.3) is 0 Å². The smallest absolute Gasteiger partial charge is 0.255 e. The van der Waals surface area contributed by atoms with Crippen molar-refractivity contribution in [3.05, 3.63) is 29.3 Å². The van der Waals surface area contributed by atoms with Crippen LogP contribution in [0.3, 0.4) is 0 Å². The number of ether oxygens (including phenoxy) is 1. The van der Waals surface area contributed by atoms with E-state index in [4.69, 9.17) is 4.74 Å². The van der Waals surface area contributed by atoms with Crippen molar-refractivity contribution in [1.82, 2.24) is 10.6 Å². The highest BCUT2D eigenvalue weighted by molar-refractivity contribution is 6.00. The molecule has 39 heavy (non-hydrogen) atoms. The first-order valence-electron chi connectivity index (χ1n) is 16.5. The molecule has 0 bridgehead atoms. The normalized spacial score (nSPS) is 10.9. The number of hydrogen-bond acceptors (Lipinski definition) is 3. The molecule has 0 aliphatic carbocycles. The molecule has 0 aromatic heterocycles. The van der Waals surface area contributed by atoms with Crippen molar-refractivity contribution in [1.29, 1.82) is 0 Å². The molecule has 0 saturated carbocycles. The van der Waals surface area contributed by atoms with Gasteiger partial charge < -0.3 is 15.4 Å². The first-order valence-corrected chi connectivity index (χ1v) is 16.5. The van der Waals surface area contributed by atoms with Gasteiger partial charge in [0.25, 0.3) is 11.8 Å². The zero-order valence-electron chi connectivity index (χ0n) is 25.7. The Balaban J connectivity index is 2.60. The molecule has 0 atom stereocenters. The van der Waals surface area contributed by atoms with Gasteiger partial charge in [-0.1, -0.05) is 130 Å². The number of unbranched alkanes of at least 4 members (excludes halogenated alkanes) is 17. The monoisotopic (exact) mass is 544 g/mol. The largest absolute Gasteiger partial charge is 0.493 e. The first kappa shape index (κ1) is 35.0. The van der Waals surface area contributed by atoms with E-state index in [1.54, 1.807) is 18.2 Å². The third kappa shape index (κ3) is 18.0. The van der Waals surface area contributed by atoms with E-state index in [0.29, 0.717) is 36.6 Å². The molecule has 0 radical (unpaired) electrons. The van der Waals surface area contributed by atoms with Gasteiger partial charge in [0.05, 0.1) is 12.2 Å². The van der Waals surface area contributed by atoms with Crippen molar-refractivity contribution in [2.24, 2.45) is 0 Å². The maximum absolute atomic E-state index is 13.0. The van der Waals surface area contributed by atoms with E-state index in [0.717, 1.165) is 38.5 Å². The molecule has 0 unspecified atom stereocenters. The summed E-state index contributed by atoms with van der Waals surface area (Å²) in [5.41, 5.74) is 1.08. The lowest BCUT2D eigenvalue weighted by Crippen LogP contribution is -2.26. The van der Waals surface area contributed by atoms with Gasteiger partial charge in [0.2, 0.25) is 0 Å². The average Bonchev–Trinajstić information content (AvgIpc) is 2.95. The molecule has 5 heteroatoms. The summed E-state index contributed by atoms with van der Waals surface area (Å²) in [6, 6.07) is 5.25. The van der Waals surface area contributed by atoms with Crippen LogP contribution in [-0.2, 0) is 0 Å². The Kier molecular flexibility index (Phi) is 22.4. The van der Waals surface area contributed by atoms with E-state index in [9.17, 15) is 9.59 Å². The van der Waals surface area contributed by atoms with Crippen LogP contribution in [0.1, 0.15) is 170 Å². The van der Waals surface area contributed by atoms with E-state index in [-0.39, 0.29) is 11.8 Å². The van der Waals surface area contributed by atoms with Gasteiger partial charge in [0.15, 0.2) is 0 Å². The third-order valence-corrected chi connectivity index (χ3v) is 7.38. The maximum atomic E-state index is 13.0. The van der Waals surface area contributed by atoms with Gasteiger partial charge in [-0.25, -0.2) is 0 Å². The molecule has 0 heterocycles. The molecule has 2 amide bonds. The Labute approximate surface area is 240 Å². The molecule has 0 fully saturated rings. The zero-order chi connectivity index (χ0) is 28.4. The fourth-order valence-corrected chi connectivity index (χ4v) is 4.80. The summed E-state index contributed by atoms with van der Waals surface area (Å²) in [6.45, 7) is 8.60. The van der Waals surface area contributed by atoms with Gasteiger partial charge in [-0.3, -0.25) is 9.59 Å². The lowest BCUT2D eigenvalue weighted by atomic mass is 10.1. The molecule has 5 nitrogen and oxygen atoms in total. The fourth-order valence-electron chi connectivity index (χ4n) is 4.80. The SMILES string of the molecule is CCCCCCCCCCOc1cc(C(=O)NCCCCCCCC)ccc1C(=O)NCCCCCCCC. The highest BCUT2D eigenvalue weighted by atomic mass is 16.5. The zero-order valence-corrected chi connectivity index (χ0v) is 25.7. The molecule has 0 saturated heterocycles. The summed E-state index contributed by atoms with van der Waals surface area (Å²) in [4.78, 5) is 25.8. The summed E-state index contributed by atoms with van der Waals surface area (Å²) in [7, 11) is 0. The molecule has 2 N–H and O–H groups in total. The lowest BCUT2D eigenvalue weighted by molar-refractivity contribution is 0.0937. The minimum atomic E-state index is -0.117. The van der Waals surface area contributed by atoms with Gasteiger partial charge in [-0.2, -0.15) is 0 Å². The lowest BCUT2D eigenvalue weighted by Gasteiger charge is -2.14. The third-order valence-electron chi connectivity index (χ3n) is 7.38. The summed E-state index contributed by atoms with van der Waals surface area (Å²) in [5.74, 6) is 0.304. The van der Waals surface area contributed by atoms with Crippen LogP contribution in [0.5, 0.6) is 5.75 Å². The Morgan fingerprint density at radius 3 is 1.51 bits per heavy atom. The van der Waals surface area contributed by atoms with E-state index < -0.39 is 0 Å². The molecule has 1 aromatic rings. The Morgan fingerprint density at radius 2 is 1.00 bits per heavy atom. The van der Waals surface area contributed by atoms with Crippen molar-refractivity contribution < 1.29 is 14.3 Å². The second-order valence-corrected chi connectivity index (χ2v) is 11.1. The van der Waals surface area contributed by atoms with Crippen molar-refractivity contribution in [2.75, 3.05) is 19.7 Å². The summed E-state index contributed by atoms with van der Waals surface area (Å²) in [6.07, 6.45) is 24.1. The molecule has 0 aliphatic heterocycles. The highest BCUT2D eigenvalue weighted by Gasteiger charge is 2.16. The fraction of sp³-hybridized carbons (Fsp3) is 0.765. The molecule has 0 spiro atoms. The van der Waals surface area contributed by atoms with Crippen LogP contribution in [0.2, 0.25) is 0 Å². The van der Waals surface area contributed by atoms with Crippen LogP contribution >= 0.6 is 0 Å². The number of carbonyl (C=O) groups is 2. The van der Waals surface area contributed by atoms with Gasteiger partial charge in [-0.15, -0.1) is 0 Å². The predicted molar refractivity (Wildman–Crippen MR) is 166 cm³/mol. The van der Waals surface area contributed by atoms with Gasteiger partial charge in [-0.05, 0) is 37.5 Å². The van der Waals surface area contributed by atoms with Crippen molar-refractivity contribution >= 4 is 11.8 Å². The van der Waals surface area contributed by atoms with Crippen LogP contribution < -0.4 is 15.4 Å². The maximum Gasteiger partial charge on any atom is 0.255 e. The summed E-state index contributed by atoms with van der Waals surface area (Å²) >= 11 is 0. The predicted octanol–water partition coefficient (Wildman–Crippen LogP) is 9.39. The standard InChI is InChI=1S/C34H60N2O3/c1-4-7-10-13-16-17-20-23-28-39-32-29-30(33(37)35-26-21-18-14-11-8-5-2)24-25-31(32)34(38)36-27-22-19-15-12-9-6-3/h24-25,29H,4-23,26-28H2,1-3H3,(H,35,37)(H,36,38). The summed E-state index contributed by atoms with van der Waals surface area (Å²) < 4.78 is 6.11. The quantitative estimate of drug-likeness (QED) is 0.114. The molecule has 1 rings (SSSR count). The number of nitrogens with one attached hydrogen (secondary N) is 2. The van der Waals surface area contributed by atoms with E-state index in [1.807, 2.05) is 0 Å². The number of rotatable bonds is 26. The molecule has 0 aliphatic rings. The van der Waals surface area contributed by atoms with Gasteiger partial charge >= 0.3 is 0 Å². The van der Waals surface area contributed by atoms with Crippen molar-refractivity contribution in [3.8, 4) is 5.75 Å². The summed E-state index contributed by atoms with van der Waals surface area (Å²) in [5, 5.41) is 6.10. The van der Waals surface area contributed by atoms with Crippen molar-refractivity contribution in [3.63, 3.8) is 0 Å². The second-order valence-electron chi connectivity index (χ2n) is 11.1. The van der Waals surface area contributed by atoms with Gasteiger partial charge in [0.1, 0.15) is 5.75 Å². The number of amides is 2. The van der Waals surface area contributed by atoms with Crippen LogP contribution in [-0.4, -0.2) is 31.5 Å². The highest BCUT2D eigenvalue weighted by Crippen LogP contribution is 2.22. The molecular formula is C34H60N2O3. The number of benzene rings is 1. The minimum Gasteiger partial charge on any atom is -0.493 e. The average molecular weight is 545 g/mol. The first-order chi connectivity index (χ1) is 19.1. The minimum absolute atomic E-state index is 0.0977. The van der Waals surface area contributed by atoms with E-state index in [2.05, 4.69) is 31.4 Å². The van der Waals surface area contributed by atoms with Crippen LogP contribution in [0, 0.1) is 0 Å². The van der Waals surface area contributed by atoms with Crippen molar-refractivity contribution in [2.45, 2.75) is 149 Å². The topological polar surface area (TPSA) is 67.4 Å². The molecular weight excluding hydrogens is 484 g/mol. The van der Waals surface area contributed by atoms with Crippen LogP contribution in [0.4, 0.5) is 0 Å². The number of carbonyl (C=O) groups excluding carboxylic acids is 2. The molecule has 224 valence electrons. The second kappa shape index (κ2) is 25.0. The van der Waals surface area contributed by atoms with E-state index in [1.165, 1.54) is 89.9 Å². The number of hydrogen-bond donors (Lipinski definition) is 2. The Morgan fingerprint density at radius 1 is 0.564 bits per heavy atom. The molecule has 1 aromatic carbocycles.